The molecule has 1 aromatic heterocycles. The van der Waals surface area contributed by atoms with Gasteiger partial charge in [-0.05, 0) is 37.1 Å². The van der Waals surface area contributed by atoms with E-state index in [1.54, 1.807) is 18.3 Å². The number of nitrogens with one attached hydrogen (secondary N) is 2. The molecule has 1 aromatic carbocycles. The Morgan fingerprint density at radius 3 is 2.96 bits per heavy atom. The summed E-state index contributed by atoms with van der Waals surface area (Å²) in [6, 6.07) is 10.6. The van der Waals surface area contributed by atoms with Crippen molar-refractivity contribution >= 4 is 11.6 Å². The first kappa shape index (κ1) is 15.0. The van der Waals surface area contributed by atoms with Crippen LogP contribution in [-0.2, 0) is 0 Å². The van der Waals surface area contributed by atoms with E-state index in [1.807, 2.05) is 24.3 Å². The van der Waals surface area contributed by atoms with Gasteiger partial charge in [-0.2, -0.15) is 0 Å². The fourth-order valence-electron chi connectivity index (χ4n) is 3.41. The first-order valence-corrected chi connectivity index (χ1v) is 8.13. The van der Waals surface area contributed by atoms with Crippen LogP contribution >= 0.6 is 0 Å². The molecule has 1 aliphatic carbocycles. The van der Waals surface area contributed by atoms with Crippen molar-refractivity contribution in [2.45, 2.75) is 37.1 Å². The Bertz CT molecular complexity index is 737. The number of amides is 1. The molecular formula is C18H19N3O3. The highest BCUT2D eigenvalue weighted by molar-refractivity contribution is 5.94. The molecule has 1 fully saturated rings. The number of nitrogens with zero attached hydrogens (tertiary/aromatic N) is 1. The minimum Gasteiger partial charge on any atom is -0.486 e. The molecule has 4 atom stereocenters. The van der Waals surface area contributed by atoms with Gasteiger partial charge in [0, 0.05) is 12.4 Å². The van der Waals surface area contributed by atoms with E-state index in [9.17, 15) is 9.90 Å². The largest absolute Gasteiger partial charge is 0.486 e. The highest BCUT2D eigenvalue weighted by Gasteiger charge is 2.43. The van der Waals surface area contributed by atoms with Crippen LogP contribution in [0.4, 0.5) is 5.69 Å². The number of aliphatic hydroxyl groups is 1. The van der Waals surface area contributed by atoms with Crippen molar-refractivity contribution in [2.24, 2.45) is 0 Å². The van der Waals surface area contributed by atoms with E-state index < -0.39 is 6.10 Å². The Balaban J connectivity index is 1.48. The number of benzene rings is 1. The average Bonchev–Trinajstić information content (AvgIpc) is 2.63. The Morgan fingerprint density at radius 2 is 2.12 bits per heavy atom. The first-order chi connectivity index (χ1) is 11.7. The summed E-state index contributed by atoms with van der Waals surface area (Å²) >= 11 is 0. The standard InChI is InChI=1S/C18H19N3O3/c22-17-13(21-18(23)11-4-3-9-19-10-11)7-8-15-16(17)20-12-5-1-2-6-14(12)24-15/h1-6,9-10,13,15-17,20,22H,7-8H2,(H,21,23)/t13-,15-,16-,17-/m1/s1. The van der Waals surface area contributed by atoms with Gasteiger partial charge < -0.3 is 20.5 Å². The third-order valence-electron chi connectivity index (χ3n) is 4.67. The summed E-state index contributed by atoms with van der Waals surface area (Å²) in [5.41, 5.74) is 1.36. The molecule has 124 valence electrons. The number of para-hydroxylation sites is 2. The van der Waals surface area contributed by atoms with Gasteiger partial charge in [0.2, 0.25) is 0 Å². The fraction of sp³-hybridized carbons (Fsp3) is 0.333. The lowest BCUT2D eigenvalue weighted by Crippen LogP contribution is -2.61. The van der Waals surface area contributed by atoms with Crippen molar-refractivity contribution in [3.8, 4) is 5.75 Å². The van der Waals surface area contributed by atoms with E-state index in [1.165, 1.54) is 6.20 Å². The Hall–Kier alpha value is -2.60. The lowest BCUT2D eigenvalue weighted by atomic mass is 9.84. The molecule has 2 heterocycles. The quantitative estimate of drug-likeness (QED) is 0.781. The molecule has 6 heteroatoms. The number of carbonyl (C=O) groups excluding carboxylic acids is 1. The molecular weight excluding hydrogens is 306 g/mol. The molecule has 0 unspecified atom stereocenters. The van der Waals surface area contributed by atoms with Gasteiger partial charge in [-0.25, -0.2) is 0 Å². The maximum atomic E-state index is 12.3. The average molecular weight is 325 g/mol. The van der Waals surface area contributed by atoms with Gasteiger partial charge in [-0.1, -0.05) is 12.1 Å². The van der Waals surface area contributed by atoms with Gasteiger partial charge >= 0.3 is 0 Å². The minimum absolute atomic E-state index is 0.0959. The minimum atomic E-state index is -0.724. The van der Waals surface area contributed by atoms with Crippen LogP contribution in [0.5, 0.6) is 5.75 Å². The summed E-state index contributed by atoms with van der Waals surface area (Å²) in [7, 11) is 0. The highest BCUT2D eigenvalue weighted by atomic mass is 16.5. The van der Waals surface area contributed by atoms with Crippen LogP contribution in [0.25, 0.3) is 0 Å². The summed E-state index contributed by atoms with van der Waals surface area (Å²) in [6.07, 6.45) is 3.75. The van der Waals surface area contributed by atoms with E-state index in [-0.39, 0.29) is 24.1 Å². The maximum absolute atomic E-state index is 12.3. The summed E-state index contributed by atoms with van der Waals surface area (Å²) in [4.78, 5) is 16.3. The number of pyridine rings is 1. The molecule has 1 saturated carbocycles. The second-order valence-electron chi connectivity index (χ2n) is 6.21. The number of hydrogen-bond donors (Lipinski definition) is 3. The number of fused-ring (bicyclic) bond motifs is 2. The molecule has 3 N–H and O–H groups in total. The number of rotatable bonds is 2. The zero-order valence-electron chi connectivity index (χ0n) is 13.1. The van der Waals surface area contributed by atoms with Crippen molar-refractivity contribution < 1.29 is 14.6 Å². The topological polar surface area (TPSA) is 83.5 Å². The van der Waals surface area contributed by atoms with Crippen molar-refractivity contribution in [2.75, 3.05) is 5.32 Å². The lowest BCUT2D eigenvalue weighted by molar-refractivity contribution is 0.00959. The third-order valence-corrected chi connectivity index (χ3v) is 4.67. The van der Waals surface area contributed by atoms with Gasteiger partial charge in [0.1, 0.15) is 11.9 Å². The number of anilines is 1. The van der Waals surface area contributed by atoms with Crippen LogP contribution in [0.2, 0.25) is 0 Å². The summed E-state index contributed by atoms with van der Waals surface area (Å²) < 4.78 is 6.00. The molecule has 2 aromatic rings. The van der Waals surface area contributed by atoms with E-state index in [2.05, 4.69) is 15.6 Å². The SMILES string of the molecule is O=C(N[C@@H]1CC[C@H]2Oc3ccccc3N[C@H]2[C@@H]1O)c1cccnc1. The monoisotopic (exact) mass is 325 g/mol. The molecule has 0 saturated heterocycles. The second-order valence-corrected chi connectivity index (χ2v) is 6.21. The van der Waals surface area contributed by atoms with E-state index in [0.29, 0.717) is 12.0 Å². The maximum Gasteiger partial charge on any atom is 0.253 e. The highest BCUT2D eigenvalue weighted by Crippen LogP contribution is 2.36. The lowest BCUT2D eigenvalue weighted by Gasteiger charge is -2.44. The van der Waals surface area contributed by atoms with Crippen molar-refractivity contribution in [1.29, 1.82) is 0 Å². The molecule has 2 aliphatic rings. The predicted octanol–water partition coefficient (Wildman–Crippen LogP) is 1.58. The summed E-state index contributed by atoms with van der Waals surface area (Å²) in [5, 5.41) is 17.0. The predicted molar refractivity (Wildman–Crippen MR) is 89.0 cm³/mol. The van der Waals surface area contributed by atoms with Crippen molar-refractivity contribution in [1.82, 2.24) is 10.3 Å². The van der Waals surface area contributed by atoms with Crippen LogP contribution in [0, 0.1) is 0 Å². The number of carbonyl (C=O) groups is 1. The first-order valence-electron chi connectivity index (χ1n) is 8.13. The van der Waals surface area contributed by atoms with Crippen molar-refractivity contribution in [3.05, 3.63) is 54.4 Å². The van der Waals surface area contributed by atoms with Crippen LogP contribution in [0.1, 0.15) is 23.2 Å². The summed E-state index contributed by atoms with van der Waals surface area (Å²) in [5.74, 6) is 0.589. The van der Waals surface area contributed by atoms with E-state index in [4.69, 9.17) is 4.74 Å². The second kappa shape index (κ2) is 6.13. The molecule has 1 aliphatic heterocycles. The number of hydrogen-bond acceptors (Lipinski definition) is 5. The van der Waals surface area contributed by atoms with Crippen LogP contribution < -0.4 is 15.4 Å². The zero-order valence-corrected chi connectivity index (χ0v) is 13.1. The Kier molecular flexibility index (Phi) is 3.82. The van der Waals surface area contributed by atoms with Crippen LogP contribution in [-0.4, -0.2) is 40.3 Å². The molecule has 6 nitrogen and oxygen atoms in total. The fourth-order valence-corrected chi connectivity index (χ4v) is 3.41. The number of aromatic nitrogens is 1. The van der Waals surface area contributed by atoms with E-state index in [0.717, 1.165) is 17.9 Å². The molecule has 0 radical (unpaired) electrons. The molecule has 0 bridgehead atoms. The third kappa shape index (κ3) is 2.69. The normalized spacial score (nSPS) is 27.9. The van der Waals surface area contributed by atoms with Gasteiger partial charge in [0.15, 0.2) is 0 Å². The van der Waals surface area contributed by atoms with Crippen LogP contribution in [0.3, 0.4) is 0 Å². The summed E-state index contributed by atoms with van der Waals surface area (Å²) in [6.45, 7) is 0. The molecule has 0 spiro atoms. The van der Waals surface area contributed by atoms with Crippen molar-refractivity contribution in [3.63, 3.8) is 0 Å². The molecule has 4 rings (SSSR count). The number of aliphatic hydroxyl groups excluding tert-OH is 1. The van der Waals surface area contributed by atoms with Gasteiger partial charge in [0.05, 0.1) is 29.4 Å². The zero-order chi connectivity index (χ0) is 16.5. The number of ether oxygens (including phenoxy) is 1. The van der Waals surface area contributed by atoms with Gasteiger partial charge in [0.25, 0.3) is 5.91 Å². The molecule has 1 amide bonds. The Morgan fingerprint density at radius 1 is 1.25 bits per heavy atom. The molecule has 24 heavy (non-hydrogen) atoms. The van der Waals surface area contributed by atoms with Crippen LogP contribution in [0.15, 0.2) is 48.8 Å². The smallest absolute Gasteiger partial charge is 0.253 e. The van der Waals surface area contributed by atoms with E-state index >= 15 is 0 Å². The Labute approximate surface area is 139 Å². The van der Waals surface area contributed by atoms with Gasteiger partial charge in [-0.15, -0.1) is 0 Å². The van der Waals surface area contributed by atoms with Gasteiger partial charge in [-0.3, -0.25) is 9.78 Å².